The second kappa shape index (κ2) is 6.11. The van der Waals surface area contributed by atoms with Gasteiger partial charge in [0.1, 0.15) is 12.2 Å². The minimum atomic E-state index is 0.336. The normalized spacial score (nSPS) is 12.8. The molecule has 0 radical (unpaired) electrons. The van der Waals surface area contributed by atoms with Crippen molar-refractivity contribution in [2.24, 2.45) is 0 Å². The van der Waals surface area contributed by atoms with Crippen molar-refractivity contribution in [3.63, 3.8) is 0 Å². The van der Waals surface area contributed by atoms with Gasteiger partial charge in [0.25, 0.3) is 0 Å². The zero-order valence-corrected chi connectivity index (χ0v) is 12.0. The van der Waals surface area contributed by atoms with E-state index in [9.17, 15) is 0 Å². The Balaban J connectivity index is 2.16. The molecule has 0 amide bonds. The van der Waals surface area contributed by atoms with Crippen LogP contribution in [0.2, 0.25) is 0 Å². The van der Waals surface area contributed by atoms with Crippen molar-refractivity contribution in [1.29, 1.82) is 0 Å². The molecule has 2 aromatic heterocycles. The monoisotopic (exact) mass is 264 g/mol. The third-order valence-electron chi connectivity index (χ3n) is 2.94. The summed E-state index contributed by atoms with van der Waals surface area (Å²) in [5, 5.41) is 7.76. The van der Waals surface area contributed by atoms with Crippen molar-refractivity contribution >= 4 is 11.3 Å². The molecule has 0 aliphatic heterocycles. The molecule has 2 aromatic rings. The number of rotatable bonds is 6. The van der Waals surface area contributed by atoms with Gasteiger partial charge in [-0.2, -0.15) is 5.10 Å². The number of hydrogen-bond acceptors (Lipinski definition) is 4. The number of thiophene rings is 1. The Morgan fingerprint density at radius 1 is 1.39 bits per heavy atom. The van der Waals surface area contributed by atoms with Crippen molar-refractivity contribution in [1.82, 2.24) is 20.1 Å². The van der Waals surface area contributed by atoms with Gasteiger partial charge < -0.3 is 5.32 Å². The molecule has 0 saturated heterocycles. The van der Waals surface area contributed by atoms with E-state index in [1.54, 1.807) is 6.33 Å². The van der Waals surface area contributed by atoms with E-state index in [4.69, 9.17) is 0 Å². The highest BCUT2D eigenvalue weighted by Crippen LogP contribution is 2.25. The van der Waals surface area contributed by atoms with Crippen molar-refractivity contribution in [3.05, 3.63) is 34.0 Å². The minimum Gasteiger partial charge on any atom is -0.309 e. The first-order valence-corrected chi connectivity index (χ1v) is 7.22. The molecule has 0 saturated carbocycles. The summed E-state index contributed by atoms with van der Waals surface area (Å²) in [6, 6.07) is 4.72. The second-order valence-electron chi connectivity index (χ2n) is 4.25. The number of likely N-dealkylation sites (N-methyl/N-ethyl adjacent to an activating group) is 1. The Morgan fingerprint density at radius 3 is 2.83 bits per heavy atom. The smallest absolute Gasteiger partial charge is 0.138 e. The molecule has 98 valence electrons. The maximum atomic E-state index is 4.36. The van der Waals surface area contributed by atoms with E-state index in [-0.39, 0.29) is 0 Å². The van der Waals surface area contributed by atoms with Crippen molar-refractivity contribution in [2.45, 2.75) is 39.8 Å². The van der Waals surface area contributed by atoms with E-state index in [2.05, 4.69) is 48.3 Å². The molecule has 0 aromatic carbocycles. The SMILES string of the molecule is CCNC(Cc1ncnn1CC)c1ccc(C)s1. The molecule has 2 rings (SSSR count). The van der Waals surface area contributed by atoms with Crippen LogP contribution in [0, 0.1) is 6.92 Å². The summed E-state index contributed by atoms with van der Waals surface area (Å²) in [5.74, 6) is 1.05. The molecule has 2 heterocycles. The molecular formula is C13H20N4S. The van der Waals surface area contributed by atoms with Crippen LogP contribution >= 0.6 is 11.3 Å². The maximum absolute atomic E-state index is 4.36. The standard InChI is InChI=1S/C13H20N4S/c1-4-14-11(12-7-6-10(3)18-12)8-13-15-9-16-17(13)5-2/h6-7,9,11,14H,4-5,8H2,1-3H3. The molecule has 0 aliphatic carbocycles. The Labute approximate surface area is 112 Å². The van der Waals surface area contributed by atoms with Gasteiger partial charge in [0.15, 0.2) is 0 Å². The summed E-state index contributed by atoms with van der Waals surface area (Å²) in [6.45, 7) is 8.21. The van der Waals surface area contributed by atoms with Crippen LogP contribution in [0.4, 0.5) is 0 Å². The lowest BCUT2D eigenvalue weighted by Crippen LogP contribution is -2.23. The fraction of sp³-hybridized carbons (Fsp3) is 0.538. The van der Waals surface area contributed by atoms with Crippen molar-refractivity contribution < 1.29 is 0 Å². The van der Waals surface area contributed by atoms with Gasteiger partial charge in [0, 0.05) is 28.8 Å². The summed E-state index contributed by atoms with van der Waals surface area (Å²) < 4.78 is 1.96. The first kappa shape index (κ1) is 13.2. The molecule has 5 heteroatoms. The molecule has 4 nitrogen and oxygen atoms in total. The number of nitrogens with zero attached hydrogens (tertiary/aromatic N) is 3. The number of aromatic nitrogens is 3. The molecule has 1 N–H and O–H groups in total. The van der Waals surface area contributed by atoms with Crippen LogP contribution in [-0.2, 0) is 13.0 Å². The van der Waals surface area contributed by atoms with E-state index in [1.807, 2.05) is 16.0 Å². The van der Waals surface area contributed by atoms with Crippen LogP contribution in [-0.4, -0.2) is 21.3 Å². The number of nitrogens with one attached hydrogen (secondary N) is 1. The number of aryl methyl sites for hydroxylation is 2. The summed E-state index contributed by atoms with van der Waals surface area (Å²) in [4.78, 5) is 7.08. The van der Waals surface area contributed by atoms with Gasteiger partial charge in [-0.1, -0.05) is 6.92 Å². The van der Waals surface area contributed by atoms with Gasteiger partial charge in [0.2, 0.25) is 0 Å². The van der Waals surface area contributed by atoms with Crippen molar-refractivity contribution in [3.8, 4) is 0 Å². The first-order chi connectivity index (χ1) is 8.74. The van der Waals surface area contributed by atoms with E-state index in [1.165, 1.54) is 9.75 Å². The van der Waals surface area contributed by atoms with E-state index >= 15 is 0 Å². The summed E-state index contributed by atoms with van der Waals surface area (Å²) >= 11 is 1.85. The highest BCUT2D eigenvalue weighted by Gasteiger charge is 2.16. The van der Waals surface area contributed by atoms with Crippen LogP contribution in [0.5, 0.6) is 0 Å². The Kier molecular flexibility index (Phi) is 4.49. The van der Waals surface area contributed by atoms with E-state index in [0.717, 1.165) is 25.3 Å². The minimum absolute atomic E-state index is 0.336. The van der Waals surface area contributed by atoms with Gasteiger partial charge in [-0.15, -0.1) is 11.3 Å². The zero-order valence-electron chi connectivity index (χ0n) is 11.2. The quantitative estimate of drug-likeness (QED) is 0.872. The van der Waals surface area contributed by atoms with Crippen LogP contribution < -0.4 is 5.32 Å². The topological polar surface area (TPSA) is 42.7 Å². The van der Waals surface area contributed by atoms with Gasteiger partial charge >= 0.3 is 0 Å². The molecule has 0 spiro atoms. The largest absolute Gasteiger partial charge is 0.309 e. The first-order valence-electron chi connectivity index (χ1n) is 6.41. The lowest BCUT2D eigenvalue weighted by atomic mass is 10.1. The molecule has 0 fully saturated rings. The maximum Gasteiger partial charge on any atom is 0.138 e. The highest BCUT2D eigenvalue weighted by molar-refractivity contribution is 7.12. The number of hydrogen-bond donors (Lipinski definition) is 1. The van der Waals surface area contributed by atoms with E-state index in [0.29, 0.717) is 6.04 Å². The fourth-order valence-electron chi connectivity index (χ4n) is 2.05. The Morgan fingerprint density at radius 2 is 2.22 bits per heavy atom. The average Bonchev–Trinajstić information content (AvgIpc) is 2.97. The summed E-state index contributed by atoms with van der Waals surface area (Å²) in [5.41, 5.74) is 0. The molecule has 0 aliphatic rings. The van der Waals surface area contributed by atoms with Gasteiger partial charge in [0.05, 0.1) is 0 Å². The van der Waals surface area contributed by atoms with Gasteiger partial charge in [-0.25, -0.2) is 4.98 Å². The van der Waals surface area contributed by atoms with Crippen LogP contribution in [0.1, 0.15) is 35.5 Å². The third-order valence-corrected chi connectivity index (χ3v) is 4.05. The predicted octanol–water partition coefficient (Wildman–Crippen LogP) is 2.56. The van der Waals surface area contributed by atoms with Crippen LogP contribution in [0.25, 0.3) is 0 Å². The van der Waals surface area contributed by atoms with E-state index < -0.39 is 0 Å². The lowest BCUT2D eigenvalue weighted by molar-refractivity contribution is 0.515. The lowest BCUT2D eigenvalue weighted by Gasteiger charge is -2.16. The van der Waals surface area contributed by atoms with Crippen LogP contribution in [0.3, 0.4) is 0 Å². The predicted molar refractivity (Wildman–Crippen MR) is 74.9 cm³/mol. The molecule has 1 atom stereocenters. The van der Waals surface area contributed by atoms with Crippen LogP contribution in [0.15, 0.2) is 18.5 Å². The second-order valence-corrected chi connectivity index (χ2v) is 5.57. The Bertz CT molecular complexity index is 489. The van der Waals surface area contributed by atoms with Crippen molar-refractivity contribution in [2.75, 3.05) is 6.54 Å². The van der Waals surface area contributed by atoms with Gasteiger partial charge in [-0.3, -0.25) is 4.68 Å². The Hall–Kier alpha value is -1.20. The van der Waals surface area contributed by atoms with Gasteiger partial charge in [-0.05, 0) is 32.5 Å². The fourth-order valence-corrected chi connectivity index (χ4v) is 3.01. The molecule has 0 bridgehead atoms. The zero-order chi connectivity index (χ0) is 13.0. The molecule has 1 unspecified atom stereocenters. The molecular weight excluding hydrogens is 244 g/mol. The molecule has 18 heavy (non-hydrogen) atoms. The average molecular weight is 264 g/mol. The third kappa shape index (κ3) is 2.97. The summed E-state index contributed by atoms with van der Waals surface area (Å²) in [7, 11) is 0. The highest BCUT2D eigenvalue weighted by atomic mass is 32.1. The summed E-state index contributed by atoms with van der Waals surface area (Å²) in [6.07, 6.45) is 2.53.